The number of hydrogen-bond acceptors (Lipinski definition) is 6. The first-order chi connectivity index (χ1) is 14.1. The highest BCUT2D eigenvalue weighted by Gasteiger charge is 2.16. The lowest BCUT2D eigenvalue weighted by atomic mass is 10.3. The van der Waals surface area contributed by atoms with E-state index in [1.165, 1.54) is 15.5 Å². The second-order valence-corrected chi connectivity index (χ2v) is 5.52. The molecule has 0 aliphatic carbocycles. The smallest absolute Gasteiger partial charge is 0.334 e. The standard InChI is InChI=1S/C18H15N5O2.2C2H6.H3N/c1-22-17-15(16(19)20-11-21-17)23(18(22)24)12-7-9-14(10-8-12)25-13-5-3-2-4-6-13;2*1-2;/h2-11H,1H3,(H2,19,20,21);2*1-2H3;1H3. The van der Waals surface area contributed by atoms with Crippen LogP contribution >= 0.6 is 0 Å². The lowest BCUT2D eigenvalue weighted by Crippen LogP contribution is -2.21. The lowest BCUT2D eigenvalue weighted by Gasteiger charge is -2.08. The number of benzene rings is 2. The Balaban J connectivity index is 0.000000851. The molecule has 0 saturated carbocycles. The summed E-state index contributed by atoms with van der Waals surface area (Å²) in [6.07, 6.45) is 1.35. The number of anilines is 1. The maximum absolute atomic E-state index is 12.6. The van der Waals surface area contributed by atoms with Gasteiger partial charge in [0.15, 0.2) is 11.5 Å². The molecule has 8 nitrogen and oxygen atoms in total. The van der Waals surface area contributed by atoms with Crippen LogP contribution < -0.4 is 22.3 Å². The summed E-state index contributed by atoms with van der Waals surface area (Å²) in [5, 5.41) is 0. The number of nitrogens with two attached hydrogens (primary N) is 1. The van der Waals surface area contributed by atoms with Crippen molar-refractivity contribution >= 4 is 17.0 Å². The van der Waals surface area contributed by atoms with Gasteiger partial charge < -0.3 is 16.6 Å². The summed E-state index contributed by atoms with van der Waals surface area (Å²) >= 11 is 0. The molecule has 0 saturated heterocycles. The minimum atomic E-state index is -0.237. The van der Waals surface area contributed by atoms with E-state index in [4.69, 9.17) is 10.5 Å². The van der Waals surface area contributed by atoms with Crippen LogP contribution in [-0.4, -0.2) is 19.1 Å². The van der Waals surface area contributed by atoms with Gasteiger partial charge in [0.25, 0.3) is 0 Å². The molecule has 2 aromatic heterocycles. The van der Waals surface area contributed by atoms with E-state index >= 15 is 0 Å². The molecule has 2 heterocycles. The van der Waals surface area contributed by atoms with Gasteiger partial charge in [-0.2, -0.15) is 0 Å². The topological polar surface area (TPSA) is 123 Å². The van der Waals surface area contributed by atoms with Crippen molar-refractivity contribution in [1.82, 2.24) is 25.3 Å². The summed E-state index contributed by atoms with van der Waals surface area (Å²) in [5.74, 6) is 1.68. The van der Waals surface area contributed by atoms with Crippen molar-refractivity contribution in [3.63, 3.8) is 0 Å². The fourth-order valence-electron chi connectivity index (χ4n) is 2.71. The molecule has 0 aliphatic heterocycles. The van der Waals surface area contributed by atoms with Crippen LogP contribution in [0.4, 0.5) is 5.82 Å². The van der Waals surface area contributed by atoms with E-state index in [1.54, 1.807) is 31.3 Å². The summed E-state index contributed by atoms with van der Waals surface area (Å²) in [4.78, 5) is 20.7. The number of nitrogens with zero attached hydrogens (tertiary/aromatic N) is 4. The van der Waals surface area contributed by atoms with Crippen LogP contribution in [0.15, 0.2) is 65.7 Å². The van der Waals surface area contributed by atoms with Crippen LogP contribution in [-0.2, 0) is 7.05 Å². The van der Waals surface area contributed by atoms with Gasteiger partial charge in [0.2, 0.25) is 0 Å². The van der Waals surface area contributed by atoms with Crippen molar-refractivity contribution in [1.29, 1.82) is 0 Å². The number of aryl methyl sites for hydroxylation is 1. The fourth-order valence-corrected chi connectivity index (χ4v) is 2.71. The predicted molar refractivity (Wildman–Crippen MR) is 123 cm³/mol. The molecule has 160 valence electrons. The van der Waals surface area contributed by atoms with Crippen molar-refractivity contribution in [2.45, 2.75) is 27.7 Å². The summed E-state index contributed by atoms with van der Waals surface area (Å²) in [7, 11) is 1.65. The highest BCUT2D eigenvalue weighted by Crippen LogP contribution is 2.24. The Morgan fingerprint density at radius 3 is 2.03 bits per heavy atom. The normalized spacial score (nSPS) is 9.50. The number of hydrogen-bond donors (Lipinski definition) is 2. The average Bonchev–Trinajstić information content (AvgIpc) is 3.04. The lowest BCUT2D eigenvalue weighted by molar-refractivity contribution is 0.482. The summed E-state index contributed by atoms with van der Waals surface area (Å²) in [6.45, 7) is 8.00. The number of imidazole rings is 1. The minimum Gasteiger partial charge on any atom is -0.457 e. The summed E-state index contributed by atoms with van der Waals surface area (Å²) < 4.78 is 8.72. The molecule has 0 unspecified atom stereocenters. The second-order valence-electron chi connectivity index (χ2n) is 5.52. The van der Waals surface area contributed by atoms with Crippen LogP contribution in [0, 0.1) is 0 Å². The SMILES string of the molecule is CC.CC.Cn1c(=O)n(-c2ccc(Oc3ccccc3)cc2)c2c(N)ncnc21.N. The van der Waals surface area contributed by atoms with E-state index in [-0.39, 0.29) is 17.7 Å². The van der Waals surface area contributed by atoms with Crippen molar-refractivity contribution in [2.75, 3.05) is 5.73 Å². The Bertz CT molecular complexity index is 1100. The van der Waals surface area contributed by atoms with Gasteiger partial charge in [-0.3, -0.25) is 9.13 Å². The molecule has 5 N–H and O–H groups in total. The Labute approximate surface area is 176 Å². The van der Waals surface area contributed by atoms with Crippen molar-refractivity contribution < 1.29 is 4.74 Å². The van der Waals surface area contributed by atoms with Gasteiger partial charge in [0.1, 0.15) is 23.3 Å². The number of nitrogen functional groups attached to an aromatic ring is 1. The van der Waals surface area contributed by atoms with Gasteiger partial charge in [-0.05, 0) is 36.4 Å². The van der Waals surface area contributed by atoms with Crippen LogP contribution in [0.3, 0.4) is 0 Å². The molecule has 8 heteroatoms. The molecular weight excluding hydrogens is 380 g/mol. The summed E-state index contributed by atoms with van der Waals surface area (Å²) in [5.41, 5.74) is 7.37. The zero-order valence-corrected chi connectivity index (χ0v) is 18.2. The molecule has 0 radical (unpaired) electrons. The third-order valence-electron chi connectivity index (χ3n) is 3.92. The average molecular weight is 411 g/mol. The third-order valence-corrected chi connectivity index (χ3v) is 3.92. The van der Waals surface area contributed by atoms with Crippen molar-refractivity contribution in [3.05, 3.63) is 71.4 Å². The first kappa shape index (κ1) is 24.4. The van der Waals surface area contributed by atoms with E-state index in [9.17, 15) is 4.79 Å². The maximum atomic E-state index is 12.6. The highest BCUT2D eigenvalue weighted by molar-refractivity contribution is 5.83. The zero-order chi connectivity index (χ0) is 21.4. The van der Waals surface area contributed by atoms with Crippen LogP contribution in [0.25, 0.3) is 16.9 Å². The van der Waals surface area contributed by atoms with Gasteiger partial charge in [-0.1, -0.05) is 45.9 Å². The molecule has 4 aromatic rings. The summed E-state index contributed by atoms with van der Waals surface area (Å²) in [6, 6.07) is 16.7. The molecule has 4 rings (SSSR count). The fraction of sp³-hybridized carbons (Fsp3) is 0.227. The van der Waals surface area contributed by atoms with Crippen molar-refractivity contribution in [2.24, 2.45) is 7.05 Å². The van der Waals surface area contributed by atoms with Crippen LogP contribution in [0.5, 0.6) is 11.5 Å². The zero-order valence-electron chi connectivity index (χ0n) is 18.2. The van der Waals surface area contributed by atoms with Gasteiger partial charge >= 0.3 is 5.69 Å². The molecule has 0 amide bonds. The molecule has 0 bridgehead atoms. The minimum absolute atomic E-state index is 0. The predicted octanol–water partition coefficient (Wildman–Crippen LogP) is 4.71. The highest BCUT2D eigenvalue weighted by atomic mass is 16.5. The number of fused-ring (bicyclic) bond motifs is 1. The molecule has 2 aromatic carbocycles. The van der Waals surface area contributed by atoms with Gasteiger partial charge in [0, 0.05) is 7.05 Å². The van der Waals surface area contributed by atoms with E-state index in [1.807, 2.05) is 58.0 Å². The van der Waals surface area contributed by atoms with Crippen LogP contribution in [0.2, 0.25) is 0 Å². The number of ether oxygens (including phenoxy) is 1. The van der Waals surface area contributed by atoms with E-state index in [0.717, 1.165) is 5.75 Å². The number of rotatable bonds is 3. The van der Waals surface area contributed by atoms with Crippen LogP contribution in [0.1, 0.15) is 27.7 Å². The first-order valence-corrected chi connectivity index (χ1v) is 9.66. The monoisotopic (exact) mass is 410 g/mol. The number of aromatic nitrogens is 4. The van der Waals surface area contributed by atoms with Crippen molar-refractivity contribution in [3.8, 4) is 17.2 Å². The Hall–Kier alpha value is -3.65. The molecule has 0 spiro atoms. The Morgan fingerprint density at radius 2 is 1.43 bits per heavy atom. The van der Waals surface area contributed by atoms with Gasteiger partial charge in [0.05, 0.1) is 5.69 Å². The molecule has 0 atom stereocenters. The Kier molecular flexibility index (Phi) is 9.25. The molecular formula is C22H30N6O2. The van der Waals surface area contributed by atoms with E-state index < -0.39 is 0 Å². The second kappa shape index (κ2) is 11.4. The molecule has 0 aliphatic rings. The van der Waals surface area contributed by atoms with Gasteiger partial charge in [-0.25, -0.2) is 14.8 Å². The van der Waals surface area contributed by atoms with E-state index in [0.29, 0.717) is 22.6 Å². The Morgan fingerprint density at radius 1 is 0.867 bits per heavy atom. The first-order valence-electron chi connectivity index (χ1n) is 9.66. The van der Waals surface area contributed by atoms with E-state index in [2.05, 4.69) is 9.97 Å². The molecule has 0 fully saturated rings. The van der Waals surface area contributed by atoms with Gasteiger partial charge in [-0.15, -0.1) is 0 Å². The third kappa shape index (κ3) is 4.84. The number of para-hydroxylation sites is 1. The maximum Gasteiger partial charge on any atom is 0.334 e. The molecule has 30 heavy (non-hydrogen) atoms. The quantitative estimate of drug-likeness (QED) is 0.504. The largest absolute Gasteiger partial charge is 0.457 e.